The van der Waals surface area contributed by atoms with Gasteiger partial charge in [-0.25, -0.2) is 4.39 Å². The van der Waals surface area contributed by atoms with Crippen LogP contribution >= 0.6 is 0 Å². The molecular weight excluding hydrogens is 161 g/mol. The van der Waals surface area contributed by atoms with Crippen molar-refractivity contribution in [2.24, 2.45) is 5.92 Å². The number of aliphatic carboxylic acids is 1. The molecule has 0 aliphatic heterocycles. The average Bonchev–Trinajstić information content (AvgIpc) is 2.03. The van der Waals surface area contributed by atoms with Crippen molar-refractivity contribution in [2.45, 2.75) is 13.8 Å². The predicted octanol–water partition coefficient (Wildman–Crippen LogP) is 0.999. The smallest absolute Gasteiger partial charge is 0.307 e. The summed E-state index contributed by atoms with van der Waals surface area (Å²) in [5.41, 5.74) is 0. The topological polar surface area (TPSA) is 40.5 Å². The van der Waals surface area contributed by atoms with E-state index in [1.165, 1.54) is 0 Å². The number of carboxylic acids is 1. The molecule has 1 unspecified atom stereocenters. The molecule has 0 aromatic rings. The first kappa shape index (κ1) is 11.4. The molecule has 0 saturated carbocycles. The van der Waals surface area contributed by atoms with E-state index < -0.39 is 18.6 Å². The first-order chi connectivity index (χ1) is 5.61. The van der Waals surface area contributed by atoms with E-state index in [0.717, 1.165) is 0 Å². The van der Waals surface area contributed by atoms with E-state index >= 15 is 0 Å². The van der Waals surface area contributed by atoms with Crippen molar-refractivity contribution in [1.82, 2.24) is 4.90 Å². The molecule has 0 aromatic heterocycles. The number of alkyl halides is 1. The highest BCUT2D eigenvalue weighted by atomic mass is 19.1. The first-order valence-corrected chi connectivity index (χ1v) is 4.13. The third kappa shape index (κ3) is 4.28. The van der Waals surface area contributed by atoms with Gasteiger partial charge in [-0.2, -0.15) is 0 Å². The zero-order chi connectivity index (χ0) is 9.56. The maximum Gasteiger partial charge on any atom is 0.307 e. The Kier molecular flexibility index (Phi) is 5.62. The molecule has 0 spiro atoms. The fourth-order valence-electron chi connectivity index (χ4n) is 0.963. The lowest BCUT2D eigenvalue weighted by atomic mass is 10.2. The van der Waals surface area contributed by atoms with Crippen LogP contribution in [0, 0.1) is 5.92 Å². The van der Waals surface area contributed by atoms with Crippen LogP contribution in [0.2, 0.25) is 0 Å². The van der Waals surface area contributed by atoms with Gasteiger partial charge in [0.15, 0.2) is 0 Å². The maximum atomic E-state index is 11.9. The highest BCUT2D eigenvalue weighted by Crippen LogP contribution is 1.99. The number of rotatable bonds is 6. The molecule has 0 aliphatic carbocycles. The average molecular weight is 177 g/mol. The summed E-state index contributed by atoms with van der Waals surface area (Å²) < 4.78 is 11.9. The Morgan fingerprint density at radius 3 is 2.58 bits per heavy atom. The third-order valence-corrected chi connectivity index (χ3v) is 1.80. The monoisotopic (exact) mass is 177 g/mol. The molecule has 0 amide bonds. The maximum absolute atomic E-state index is 11.9. The summed E-state index contributed by atoms with van der Waals surface area (Å²) in [4.78, 5) is 12.2. The van der Waals surface area contributed by atoms with Crippen molar-refractivity contribution in [3.63, 3.8) is 0 Å². The number of nitrogens with zero attached hydrogens (tertiary/aromatic N) is 1. The summed E-state index contributed by atoms with van der Waals surface area (Å²) in [6.07, 6.45) is 0. The second-order valence-electron chi connectivity index (χ2n) is 2.82. The van der Waals surface area contributed by atoms with Gasteiger partial charge >= 0.3 is 5.97 Å². The minimum Gasteiger partial charge on any atom is -0.481 e. The van der Waals surface area contributed by atoms with Crippen molar-refractivity contribution < 1.29 is 14.3 Å². The Morgan fingerprint density at radius 2 is 2.25 bits per heavy atom. The van der Waals surface area contributed by atoms with Gasteiger partial charge in [-0.05, 0) is 6.54 Å². The zero-order valence-corrected chi connectivity index (χ0v) is 7.59. The lowest BCUT2D eigenvalue weighted by Crippen LogP contribution is -2.33. The summed E-state index contributed by atoms with van der Waals surface area (Å²) in [6, 6.07) is 0. The SMILES string of the molecule is CCN(CCF)CC(C)C(=O)O. The van der Waals surface area contributed by atoms with Gasteiger partial charge in [0.1, 0.15) is 6.67 Å². The summed E-state index contributed by atoms with van der Waals surface area (Å²) >= 11 is 0. The highest BCUT2D eigenvalue weighted by Gasteiger charge is 2.14. The van der Waals surface area contributed by atoms with Gasteiger partial charge in [0, 0.05) is 13.1 Å². The van der Waals surface area contributed by atoms with E-state index in [-0.39, 0.29) is 0 Å². The fraction of sp³-hybridized carbons (Fsp3) is 0.875. The van der Waals surface area contributed by atoms with E-state index in [4.69, 9.17) is 5.11 Å². The molecule has 4 heteroatoms. The van der Waals surface area contributed by atoms with E-state index in [2.05, 4.69) is 0 Å². The molecule has 0 fully saturated rings. The van der Waals surface area contributed by atoms with Crippen LogP contribution in [0.1, 0.15) is 13.8 Å². The highest BCUT2D eigenvalue weighted by molar-refractivity contribution is 5.69. The van der Waals surface area contributed by atoms with Gasteiger partial charge in [-0.3, -0.25) is 4.79 Å². The van der Waals surface area contributed by atoms with Gasteiger partial charge in [0.2, 0.25) is 0 Å². The Labute approximate surface area is 72.2 Å². The van der Waals surface area contributed by atoms with Crippen LogP contribution in [-0.2, 0) is 4.79 Å². The minimum atomic E-state index is -0.827. The van der Waals surface area contributed by atoms with Crippen LogP contribution in [0.3, 0.4) is 0 Å². The van der Waals surface area contributed by atoms with Crippen molar-refractivity contribution in [3.8, 4) is 0 Å². The molecule has 12 heavy (non-hydrogen) atoms. The number of hydrogen-bond acceptors (Lipinski definition) is 2. The van der Waals surface area contributed by atoms with Crippen LogP contribution in [0.25, 0.3) is 0 Å². The Hall–Kier alpha value is -0.640. The van der Waals surface area contributed by atoms with Crippen LogP contribution in [0.5, 0.6) is 0 Å². The van der Waals surface area contributed by atoms with Gasteiger partial charge in [0.25, 0.3) is 0 Å². The number of hydrogen-bond donors (Lipinski definition) is 1. The normalized spacial score (nSPS) is 13.3. The molecule has 72 valence electrons. The molecule has 1 atom stereocenters. The first-order valence-electron chi connectivity index (χ1n) is 4.13. The lowest BCUT2D eigenvalue weighted by molar-refractivity contribution is -0.141. The Balaban J connectivity index is 3.76. The van der Waals surface area contributed by atoms with Gasteiger partial charge in [0.05, 0.1) is 5.92 Å². The van der Waals surface area contributed by atoms with Crippen molar-refractivity contribution in [2.75, 3.05) is 26.3 Å². The van der Waals surface area contributed by atoms with Gasteiger partial charge in [-0.15, -0.1) is 0 Å². The van der Waals surface area contributed by atoms with Crippen molar-refractivity contribution >= 4 is 5.97 Å². The molecule has 0 saturated heterocycles. The van der Waals surface area contributed by atoms with E-state index in [9.17, 15) is 9.18 Å². The molecule has 0 aromatic carbocycles. The second-order valence-corrected chi connectivity index (χ2v) is 2.82. The summed E-state index contributed by atoms with van der Waals surface area (Å²) in [6.45, 7) is 4.55. The number of carboxylic acid groups (broad SMARTS) is 1. The Bertz CT molecular complexity index is 141. The van der Waals surface area contributed by atoms with Crippen LogP contribution in [0.4, 0.5) is 4.39 Å². The van der Waals surface area contributed by atoms with E-state index in [1.807, 2.05) is 6.92 Å². The Morgan fingerprint density at radius 1 is 1.67 bits per heavy atom. The second kappa shape index (κ2) is 5.94. The standard InChI is InChI=1S/C8H16FNO2/c1-3-10(5-4-9)6-7(2)8(11)12/h7H,3-6H2,1-2H3,(H,11,12). The molecule has 0 heterocycles. The van der Waals surface area contributed by atoms with E-state index in [0.29, 0.717) is 19.6 Å². The van der Waals surface area contributed by atoms with Crippen molar-refractivity contribution in [3.05, 3.63) is 0 Å². The summed E-state index contributed by atoms with van der Waals surface area (Å²) in [5.74, 6) is -1.25. The third-order valence-electron chi connectivity index (χ3n) is 1.80. The number of carbonyl (C=O) groups is 1. The molecular formula is C8H16FNO2. The molecule has 0 aliphatic rings. The van der Waals surface area contributed by atoms with Crippen molar-refractivity contribution in [1.29, 1.82) is 0 Å². The van der Waals surface area contributed by atoms with Gasteiger partial charge in [-0.1, -0.05) is 13.8 Å². The quantitative estimate of drug-likeness (QED) is 0.658. The van der Waals surface area contributed by atoms with E-state index in [1.54, 1.807) is 11.8 Å². The lowest BCUT2D eigenvalue weighted by Gasteiger charge is -2.20. The van der Waals surface area contributed by atoms with Crippen LogP contribution in [-0.4, -0.2) is 42.3 Å². The van der Waals surface area contributed by atoms with Crippen LogP contribution in [0.15, 0.2) is 0 Å². The summed E-state index contributed by atoms with van der Waals surface area (Å²) in [7, 11) is 0. The zero-order valence-electron chi connectivity index (χ0n) is 7.59. The van der Waals surface area contributed by atoms with Crippen LogP contribution < -0.4 is 0 Å². The summed E-state index contributed by atoms with van der Waals surface area (Å²) in [5, 5.41) is 8.57. The molecule has 0 rings (SSSR count). The largest absolute Gasteiger partial charge is 0.481 e. The minimum absolute atomic E-state index is 0.327. The molecule has 1 N–H and O–H groups in total. The predicted molar refractivity (Wildman–Crippen MR) is 44.9 cm³/mol. The number of halogens is 1. The molecule has 3 nitrogen and oxygen atoms in total. The van der Waals surface area contributed by atoms with Gasteiger partial charge < -0.3 is 10.0 Å². The molecule has 0 radical (unpaired) electrons. The molecule has 0 bridgehead atoms. The fourth-order valence-corrected chi connectivity index (χ4v) is 0.963.